The molecule has 1 N–H and O–H groups in total. The fourth-order valence-corrected chi connectivity index (χ4v) is 2.95. The molecule has 0 amide bonds. The summed E-state index contributed by atoms with van der Waals surface area (Å²) in [6.45, 7) is 4.09. The van der Waals surface area contributed by atoms with Crippen molar-refractivity contribution in [2.45, 2.75) is 45.3 Å². The molecule has 0 spiro atoms. The van der Waals surface area contributed by atoms with Gasteiger partial charge >= 0.3 is 6.18 Å². The molecule has 3 unspecified atom stereocenters. The monoisotopic (exact) mass is 223 g/mol. The molecule has 1 aliphatic carbocycles. The zero-order chi connectivity index (χ0) is 11.6. The molecule has 1 nitrogen and oxygen atoms in total. The maximum atomic E-state index is 12.7. The molecule has 0 bridgehead atoms. The maximum Gasteiger partial charge on any atom is 0.404 e. The van der Waals surface area contributed by atoms with Crippen LogP contribution in [0.2, 0.25) is 0 Å². The third kappa shape index (κ3) is 3.37. The molecular weight excluding hydrogens is 203 g/mol. The van der Waals surface area contributed by atoms with E-state index in [9.17, 15) is 13.2 Å². The van der Waals surface area contributed by atoms with E-state index in [1.165, 1.54) is 7.05 Å². The van der Waals surface area contributed by atoms with E-state index < -0.39 is 12.2 Å². The first-order valence-electron chi connectivity index (χ1n) is 5.58. The van der Waals surface area contributed by atoms with Gasteiger partial charge in [0.15, 0.2) is 0 Å². The van der Waals surface area contributed by atoms with E-state index in [2.05, 4.69) is 5.32 Å². The summed E-state index contributed by atoms with van der Waals surface area (Å²) >= 11 is 0. The van der Waals surface area contributed by atoms with Gasteiger partial charge in [-0.3, -0.25) is 0 Å². The van der Waals surface area contributed by atoms with Gasteiger partial charge in [0.05, 0.1) is 0 Å². The van der Waals surface area contributed by atoms with Crippen molar-refractivity contribution in [3.63, 3.8) is 0 Å². The van der Waals surface area contributed by atoms with Gasteiger partial charge in [0.25, 0.3) is 0 Å². The summed E-state index contributed by atoms with van der Waals surface area (Å²) in [5.74, 6) is 0.572. The van der Waals surface area contributed by atoms with Crippen LogP contribution in [0.25, 0.3) is 0 Å². The second-order valence-corrected chi connectivity index (χ2v) is 4.99. The van der Waals surface area contributed by atoms with Crippen molar-refractivity contribution in [3.8, 4) is 0 Å². The third-order valence-corrected chi connectivity index (χ3v) is 3.35. The molecule has 0 heterocycles. The number of nitrogens with one attached hydrogen (secondary N) is 1. The highest BCUT2D eigenvalue weighted by Crippen LogP contribution is 2.39. The average Bonchev–Trinajstić information content (AvgIpc) is 1.99. The Kier molecular flexibility index (Phi) is 4.04. The van der Waals surface area contributed by atoms with Crippen LogP contribution in [0.3, 0.4) is 0 Å². The SMILES string of the molecule is CNC(C1CC(C)CC(C)C1)C(F)(F)F. The van der Waals surface area contributed by atoms with E-state index in [0.29, 0.717) is 24.7 Å². The highest BCUT2D eigenvalue weighted by molar-refractivity contribution is 4.87. The van der Waals surface area contributed by atoms with E-state index >= 15 is 0 Å². The van der Waals surface area contributed by atoms with Crippen LogP contribution in [0, 0.1) is 17.8 Å². The second-order valence-electron chi connectivity index (χ2n) is 4.99. The lowest BCUT2D eigenvalue weighted by Gasteiger charge is -2.37. The first-order valence-corrected chi connectivity index (χ1v) is 5.58. The summed E-state index contributed by atoms with van der Waals surface area (Å²) in [7, 11) is 1.40. The standard InChI is InChI=1S/C11H20F3N/c1-7-4-8(2)6-9(5-7)10(15-3)11(12,13)14/h7-10,15H,4-6H2,1-3H3. The lowest BCUT2D eigenvalue weighted by molar-refractivity contribution is -0.171. The zero-order valence-electron chi connectivity index (χ0n) is 9.56. The van der Waals surface area contributed by atoms with Gasteiger partial charge in [0, 0.05) is 0 Å². The Balaban J connectivity index is 2.68. The molecule has 0 aliphatic heterocycles. The molecule has 3 atom stereocenters. The number of rotatable bonds is 2. The van der Waals surface area contributed by atoms with Gasteiger partial charge in [-0.2, -0.15) is 13.2 Å². The fourth-order valence-electron chi connectivity index (χ4n) is 2.95. The zero-order valence-corrected chi connectivity index (χ0v) is 9.56. The molecule has 1 aliphatic rings. The molecule has 1 saturated carbocycles. The Bertz CT molecular complexity index is 192. The van der Waals surface area contributed by atoms with Crippen molar-refractivity contribution in [2.75, 3.05) is 7.05 Å². The Labute approximate surface area is 89.4 Å². The molecule has 0 saturated heterocycles. The number of alkyl halides is 3. The van der Waals surface area contributed by atoms with Crippen LogP contribution in [-0.2, 0) is 0 Å². The first-order chi connectivity index (χ1) is 6.84. The normalized spacial score (nSPS) is 35.2. The molecular formula is C11H20F3N. The van der Waals surface area contributed by atoms with Crippen LogP contribution in [0.1, 0.15) is 33.1 Å². The molecule has 1 fully saturated rings. The molecule has 0 aromatic rings. The number of halogens is 3. The topological polar surface area (TPSA) is 12.0 Å². The third-order valence-electron chi connectivity index (χ3n) is 3.35. The quantitative estimate of drug-likeness (QED) is 0.758. The van der Waals surface area contributed by atoms with Crippen molar-refractivity contribution in [1.82, 2.24) is 5.32 Å². The Morgan fingerprint density at radius 1 is 1.07 bits per heavy atom. The molecule has 4 heteroatoms. The summed E-state index contributed by atoms with van der Waals surface area (Å²) < 4.78 is 38.1. The van der Waals surface area contributed by atoms with Crippen LogP contribution in [0.4, 0.5) is 13.2 Å². The van der Waals surface area contributed by atoms with Crippen molar-refractivity contribution in [3.05, 3.63) is 0 Å². The van der Waals surface area contributed by atoms with Crippen LogP contribution in [-0.4, -0.2) is 19.3 Å². The largest absolute Gasteiger partial charge is 0.404 e. The van der Waals surface area contributed by atoms with Gasteiger partial charge in [-0.25, -0.2) is 0 Å². The van der Waals surface area contributed by atoms with Crippen molar-refractivity contribution >= 4 is 0 Å². The lowest BCUT2D eigenvalue weighted by Crippen LogP contribution is -2.48. The predicted octanol–water partition coefficient (Wildman–Crippen LogP) is 3.21. The van der Waals surface area contributed by atoms with E-state index in [0.717, 1.165) is 6.42 Å². The van der Waals surface area contributed by atoms with Gasteiger partial charge in [-0.05, 0) is 44.1 Å². The maximum absolute atomic E-state index is 12.7. The van der Waals surface area contributed by atoms with Gasteiger partial charge < -0.3 is 5.32 Å². The molecule has 90 valence electrons. The average molecular weight is 223 g/mol. The molecule has 0 aromatic carbocycles. The van der Waals surface area contributed by atoms with Crippen LogP contribution in [0.15, 0.2) is 0 Å². The number of hydrogen-bond donors (Lipinski definition) is 1. The van der Waals surface area contributed by atoms with Gasteiger partial charge in [-0.15, -0.1) is 0 Å². The summed E-state index contributed by atoms with van der Waals surface area (Å²) in [6.07, 6.45) is -1.67. The smallest absolute Gasteiger partial charge is 0.309 e. The van der Waals surface area contributed by atoms with Crippen LogP contribution in [0.5, 0.6) is 0 Å². The van der Waals surface area contributed by atoms with Crippen LogP contribution >= 0.6 is 0 Å². The van der Waals surface area contributed by atoms with E-state index in [4.69, 9.17) is 0 Å². The predicted molar refractivity (Wildman–Crippen MR) is 54.6 cm³/mol. The molecule has 1 rings (SSSR count). The Morgan fingerprint density at radius 3 is 1.87 bits per heavy atom. The Hall–Kier alpha value is -0.250. The lowest BCUT2D eigenvalue weighted by atomic mass is 9.73. The summed E-state index contributed by atoms with van der Waals surface area (Å²) in [5.41, 5.74) is 0. The molecule has 0 radical (unpaired) electrons. The highest BCUT2D eigenvalue weighted by atomic mass is 19.4. The minimum Gasteiger partial charge on any atom is -0.309 e. The minimum atomic E-state index is -4.11. The summed E-state index contributed by atoms with van der Waals surface area (Å²) in [6, 6.07) is -1.33. The van der Waals surface area contributed by atoms with Crippen molar-refractivity contribution < 1.29 is 13.2 Å². The first kappa shape index (κ1) is 12.8. The van der Waals surface area contributed by atoms with Crippen LogP contribution < -0.4 is 5.32 Å². The van der Waals surface area contributed by atoms with Gasteiger partial charge in [-0.1, -0.05) is 13.8 Å². The van der Waals surface area contributed by atoms with E-state index in [-0.39, 0.29) is 5.92 Å². The fraction of sp³-hybridized carbons (Fsp3) is 1.00. The second kappa shape index (κ2) is 4.73. The highest BCUT2D eigenvalue weighted by Gasteiger charge is 2.45. The van der Waals surface area contributed by atoms with Gasteiger partial charge in [0.2, 0.25) is 0 Å². The van der Waals surface area contributed by atoms with E-state index in [1.807, 2.05) is 13.8 Å². The van der Waals surface area contributed by atoms with Crippen molar-refractivity contribution in [2.24, 2.45) is 17.8 Å². The van der Waals surface area contributed by atoms with E-state index in [1.54, 1.807) is 0 Å². The molecule has 15 heavy (non-hydrogen) atoms. The van der Waals surface area contributed by atoms with Crippen molar-refractivity contribution in [1.29, 1.82) is 0 Å². The van der Waals surface area contributed by atoms with Gasteiger partial charge in [0.1, 0.15) is 6.04 Å². The minimum absolute atomic E-state index is 0.256. The number of hydrogen-bond acceptors (Lipinski definition) is 1. The Morgan fingerprint density at radius 2 is 1.53 bits per heavy atom. The summed E-state index contributed by atoms with van der Waals surface area (Å²) in [4.78, 5) is 0. The summed E-state index contributed by atoms with van der Waals surface area (Å²) in [5, 5.41) is 2.43. The molecule has 0 aromatic heterocycles.